The van der Waals surface area contributed by atoms with Gasteiger partial charge >= 0.3 is 0 Å². The largest absolute Gasteiger partial charge is 0.308 e. The third-order valence-electron chi connectivity index (χ3n) is 5.47. The number of aromatic nitrogens is 2. The molecule has 2 N–H and O–H groups in total. The van der Waals surface area contributed by atoms with Crippen LogP contribution in [0.15, 0.2) is 30.3 Å². The number of nitrogens with zero attached hydrogens (tertiary/aromatic N) is 2. The number of hydrogen-bond donors (Lipinski definition) is 2. The molecule has 1 aromatic heterocycles. The minimum atomic E-state index is -0.379. The number of rotatable bonds is 3. The van der Waals surface area contributed by atoms with Crippen molar-refractivity contribution in [1.82, 2.24) is 15.1 Å². The summed E-state index contributed by atoms with van der Waals surface area (Å²) in [5.41, 5.74) is 2.58. The Labute approximate surface area is 180 Å². The van der Waals surface area contributed by atoms with Crippen molar-refractivity contribution in [3.05, 3.63) is 46.7 Å². The van der Waals surface area contributed by atoms with Crippen molar-refractivity contribution in [3.63, 3.8) is 0 Å². The first-order valence-electron chi connectivity index (χ1n) is 9.36. The molecule has 0 unspecified atom stereocenters. The summed E-state index contributed by atoms with van der Waals surface area (Å²) in [6.45, 7) is 3.66. The van der Waals surface area contributed by atoms with E-state index in [0.717, 1.165) is 42.4 Å². The summed E-state index contributed by atoms with van der Waals surface area (Å²) in [6.07, 6.45) is 1.67. The highest BCUT2D eigenvalue weighted by Crippen LogP contribution is 2.35. The van der Waals surface area contributed by atoms with Gasteiger partial charge in [0, 0.05) is 16.9 Å². The molecule has 0 spiro atoms. The van der Waals surface area contributed by atoms with Gasteiger partial charge in [0.15, 0.2) is 5.82 Å². The lowest BCUT2D eigenvalue weighted by atomic mass is 9.96. The SMILES string of the molecule is Cc1ccc(F)c(-c2ccc3[nH]nc(NC(=O)C4CCN(C)CC4)c3c2)c1Cl.Cl. The number of carbonyl (C=O) groups excluding carboxylic acids is 1. The fourth-order valence-corrected chi connectivity index (χ4v) is 3.94. The number of fused-ring (bicyclic) bond motifs is 1. The molecule has 3 aromatic rings. The van der Waals surface area contributed by atoms with Crippen LogP contribution in [0.1, 0.15) is 18.4 Å². The quantitative estimate of drug-likeness (QED) is 0.604. The van der Waals surface area contributed by atoms with Gasteiger partial charge in [-0.25, -0.2) is 4.39 Å². The number of hydrogen-bond acceptors (Lipinski definition) is 3. The van der Waals surface area contributed by atoms with Crippen LogP contribution in [0, 0.1) is 18.7 Å². The van der Waals surface area contributed by atoms with Gasteiger partial charge in [0.2, 0.25) is 5.91 Å². The van der Waals surface area contributed by atoms with E-state index in [2.05, 4.69) is 27.5 Å². The van der Waals surface area contributed by atoms with Crippen molar-refractivity contribution in [2.45, 2.75) is 19.8 Å². The van der Waals surface area contributed by atoms with Crippen molar-refractivity contribution in [2.24, 2.45) is 5.92 Å². The van der Waals surface area contributed by atoms with Crippen molar-refractivity contribution >= 4 is 46.6 Å². The number of nitrogens with one attached hydrogen (secondary N) is 2. The topological polar surface area (TPSA) is 61.0 Å². The van der Waals surface area contributed by atoms with E-state index in [9.17, 15) is 9.18 Å². The molecular weight excluding hydrogens is 414 g/mol. The van der Waals surface area contributed by atoms with Crippen LogP contribution in [-0.2, 0) is 4.79 Å². The Balaban J connectivity index is 0.00000240. The van der Waals surface area contributed by atoms with Crippen molar-refractivity contribution in [2.75, 3.05) is 25.5 Å². The van der Waals surface area contributed by atoms with Gasteiger partial charge in [-0.2, -0.15) is 5.10 Å². The maximum absolute atomic E-state index is 14.4. The number of amides is 1. The molecule has 2 heterocycles. The van der Waals surface area contributed by atoms with Gasteiger partial charge in [-0.15, -0.1) is 12.4 Å². The minimum absolute atomic E-state index is 0. The highest BCUT2D eigenvalue weighted by molar-refractivity contribution is 6.34. The number of anilines is 1. The van der Waals surface area contributed by atoms with Crippen molar-refractivity contribution < 1.29 is 9.18 Å². The zero-order valence-corrected chi connectivity index (χ0v) is 17.8. The van der Waals surface area contributed by atoms with Gasteiger partial charge < -0.3 is 10.2 Å². The smallest absolute Gasteiger partial charge is 0.228 e. The van der Waals surface area contributed by atoms with Crippen LogP contribution in [0.4, 0.5) is 10.2 Å². The summed E-state index contributed by atoms with van der Waals surface area (Å²) in [7, 11) is 2.06. The first-order chi connectivity index (χ1) is 13.4. The standard InChI is InChI=1S/C21H22ClFN4O.ClH/c1-12-3-5-16(23)18(19(12)22)14-4-6-17-15(11-14)20(26-25-17)24-21(28)13-7-9-27(2)10-8-13;/h3-6,11,13H,7-10H2,1-2H3,(H2,24,25,26,28);1H. The Morgan fingerprint density at radius 3 is 2.72 bits per heavy atom. The van der Waals surface area contributed by atoms with Gasteiger partial charge in [0.05, 0.1) is 10.5 Å². The molecule has 2 aromatic carbocycles. The number of benzene rings is 2. The van der Waals surface area contributed by atoms with E-state index in [4.69, 9.17) is 11.6 Å². The first kappa shape index (κ1) is 21.6. The van der Waals surface area contributed by atoms with Crippen LogP contribution in [0.25, 0.3) is 22.0 Å². The normalized spacial score (nSPS) is 15.3. The number of likely N-dealkylation sites (tertiary alicyclic amines) is 1. The Kier molecular flexibility index (Phi) is 6.46. The molecule has 1 fully saturated rings. The second kappa shape index (κ2) is 8.69. The highest BCUT2D eigenvalue weighted by Gasteiger charge is 2.24. The van der Waals surface area contributed by atoms with Gasteiger partial charge in [-0.1, -0.05) is 23.7 Å². The van der Waals surface area contributed by atoms with Gasteiger partial charge in [-0.05, 0) is 69.2 Å². The lowest BCUT2D eigenvalue weighted by Crippen LogP contribution is -2.36. The second-order valence-corrected chi connectivity index (χ2v) is 7.83. The van der Waals surface area contributed by atoms with Crippen LogP contribution in [-0.4, -0.2) is 41.1 Å². The number of carbonyl (C=O) groups is 1. The molecule has 0 aliphatic carbocycles. The predicted molar refractivity (Wildman–Crippen MR) is 117 cm³/mol. The number of H-pyrrole nitrogens is 1. The number of halogens is 3. The maximum atomic E-state index is 14.4. The van der Waals surface area contributed by atoms with Gasteiger partial charge in [-0.3, -0.25) is 9.89 Å². The third-order valence-corrected chi connectivity index (χ3v) is 5.95. The number of aryl methyl sites for hydroxylation is 1. The van der Waals surface area contributed by atoms with Crippen LogP contribution in [0.5, 0.6) is 0 Å². The summed E-state index contributed by atoms with van der Waals surface area (Å²) < 4.78 is 14.4. The van der Waals surface area contributed by atoms with Crippen molar-refractivity contribution in [3.8, 4) is 11.1 Å². The van der Waals surface area contributed by atoms with E-state index < -0.39 is 0 Å². The molecule has 29 heavy (non-hydrogen) atoms. The molecule has 0 saturated carbocycles. The highest BCUT2D eigenvalue weighted by atomic mass is 35.5. The predicted octanol–water partition coefficient (Wildman–Crippen LogP) is 5.03. The summed E-state index contributed by atoms with van der Waals surface area (Å²) in [6, 6.07) is 8.50. The molecule has 154 valence electrons. The Morgan fingerprint density at radius 1 is 1.28 bits per heavy atom. The average molecular weight is 437 g/mol. The molecule has 1 amide bonds. The second-order valence-electron chi connectivity index (χ2n) is 7.45. The van der Waals surface area contributed by atoms with Crippen molar-refractivity contribution in [1.29, 1.82) is 0 Å². The zero-order chi connectivity index (χ0) is 19.8. The molecule has 0 radical (unpaired) electrons. The Bertz CT molecular complexity index is 1040. The van der Waals surface area contributed by atoms with E-state index in [0.29, 0.717) is 22.0 Å². The molecule has 1 aliphatic rings. The first-order valence-corrected chi connectivity index (χ1v) is 9.74. The summed E-state index contributed by atoms with van der Waals surface area (Å²) in [5, 5.41) is 11.2. The van der Waals surface area contributed by atoms with Gasteiger partial charge in [0.1, 0.15) is 5.82 Å². The molecule has 8 heteroatoms. The fourth-order valence-electron chi connectivity index (χ4n) is 3.68. The van der Waals surface area contributed by atoms with E-state index >= 15 is 0 Å². The molecule has 1 aliphatic heterocycles. The third kappa shape index (κ3) is 4.25. The van der Waals surface area contributed by atoms with E-state index in [1.807, 2.05) is 19.1 Å². The molecule has 1 saturated heterocycles. The molecule has 4 rings (SSSR count). The van der Waals surface area contributed by atoms with Crippen LogP contribution >= 0.6 is 24.0 Å². The summed E-state index contributed by atoms with van der Waals surface area (Å²) in [4.78, 5) is 14.9. The van der Waals surface area contributed by atoms with Crippen LogP contribution < -0.4 is 5.32 Å². The average Bonchev–Trinajstić information content (AvgIpc) is 3.08. The molecule has 0 atom stereocenters. The fraction of sp³-hybridized carbons (Fsp3) is 0.333. The lowest BCUT2D eigenvalue weighted by Gasteiger charge is -2.27. The number of aromatic amines is 1. The van der Waals surface area contributed by atoms with Crippen LogP contribution in [0.3, 0.4) is 0 Å². The molecule has 0 bridgehead atoms. The monoisotopic (exact) mass is 436 g/mol. The Hall–Kier alpha value is -2.15. The van der Waals surface area contributed by atoms with Gasteiger partial charge in [0.25, 0.3) is 0 Å². The van der Waals surface area contributed by atoms with E-state index in [1.165, 1.54) is 6.07 Å². The minimum Gasteiger partial charge on any atom is -0.308 e. The summed E-state index contributed by atoms with van der Waals surface area (Å²) in [5.74, 6) is 0.0433. The lowest BCUT2D eigenvalue weighted by molar-refractivity contribution is -0.121. The van der Waals surface area contributed by atoms with Crippen LogP contribution in [0.2, 0.25) is 5.02 Å². The summed E-state index contributed by atoms with van der Waals surface area (Å²) >= 11 is 6.36. The zero-order valence-electron chi connectivity index (χ0n) is 16.3. The molecular formula is C21H23Cl2FN4O. The van der Waals surface area contributed by atoms with E-state index in [1.54, 1.807) is 12.1 Å². The maximum Gasteiger partial charge on any atom is 0.228 e. The van der Waals surface area contributed by atoms with E-state index in [-0.39, 0.29) is 30.0 Å². The Morgan fingerprint density at radius 2 is 2.00 bits per heavy atom. The number of piperidine rings is 1. The molecule has 5 nitrogen and oxygen atoms in total.